The second-order valence-corrected chi connectivity index (χ2v) is 4.89. The van der Waals surface area contributed by atoms with Crippen molar-refractivity contribution < 1.29 is 4.74 Å². The van der Waals surface area contributed by atoms with Crippen LogP contribution >= 0.6 is 0 Å². The lowest BCUT2D eigenvalue weighted by Crippen LogP contribution is -2.13. The number of benzene rings is 1. The van der Waals surface area contributed by atoms with Gasteiger partial charge in [0.15, 0.2) is 0 Å². The Morgan fingerprint density at radius 1 is 1.38 bits per heavy atom. The van der Waals surface area contributed by atoms with Crippen LogP contribution in [0.25, 0.3) is 0 Å². The number of methoxy groups -OCH3 is 1. The largest absolute Gasteiger partial charge is 0.384 e. The summed E-state index contributed by atoms with van der Waals surface area (Å²) >= 11 is 0. The summed E-state index contributed by atoms with van der Waals surface area (Å²) in [5.74, 6) is 1.51. The fourth-order valence-electron chi connectivity index (χ4n) is 2.22. The molecule has 1 aromatic rings. The normalized spacial score (nSPS) is 25.4. The molecule has 2 rings (SSSR count). The molecule has 0 spiro atoms. The van der Waals surface area contributed by atoms with E-state index < -0.39 is 0 Å². The highest BCUT2D eigenvalue weighted by Crippen LogP contribution is 2.45. The molecule has 2 heteroatoms. The molecule has 0 amide bonds. The molecule has 0 saturated heterocycles. The average Bonchev–Trinajstić information content (AvgIpc) is 3.03. The van der Waals surface area contributed by atoms with Crippen LogP contribution in [0.2, 0.25) is 0 Å². The fraction of sp³-hybridized carbons (Fsp3) is 0.571. The Morgan fingerprint density at radius 3 is 2.50 bits per heavy atom. The Bertz CT molecular complexity index is 333. The summed E-state index contributed by atoms with van der Waals surface area (Å²) in [4.78, 5) is 0. The average molecular weight is 219 g/mol. The molecule has 1 saturated carbocycles. The number of nitrogens with two attached hydrogens (primary N) is 1. The predicted molar refractivity (Wildman–Crippen MR) is 66.2 cm³/mol. The van der Waals surface area contributed by atoms with Crippen LogP contribution in [-0.2, 0) is 11.2 Å². The molecule has 2 nitrogen and oxygen atoms in total. The lowest BCUT2D eigenvalue weighted by Gasteiger charge is -2.12. The first kappa shape index (κ1) is 11.6. The van der Waals surface area contributed by atoms with E-state index in [1.54, 1.807) is 7.11 Å². The van der Waals surface area contributed by atoms with Gasteiger partial charge < -0.3 is 10.5 Å². The van der Waals surface area contributed by atoms with Crippen LogP contribution in [-0.4, -0.2) is 13.7 Å². The molecule has 2 N–H and O–H groups in total. The molecule has 0 heterocycles. The van der Waals surface area contributed by atoms with Gasteiger partial charge in [-0.25, -0.2) is 0 Å². The van der Waals surface area contributed by atoms with E-state index in [1.807, 2.05) is 0 Å². The Labute approximate surface area is 97.8 Å². The summed E-state index contributed by atoms with van der Waals surface area (Å²) in [5, 5.41) is 0. The summed E-state index contributed by atoms with van der Waals surface area (Å²) in [6, 6.07) is 8.90. The van der Waals surface area contributed by atoms with Gasteiger partial charge in [-0.2, -0.15) is 0 Å². The highest BCUT2D eigenvalue weighted by molar-refractivity contribution is 5.26. The summed E-state index contributed by atoms with van der Waals surface area (Å²) in [6.07, 6.45) is 2.26. The smallest absolute Gasteiger partial charge is 0.0502 e. The van der Waals surface area contributed by atoms with Gasteiger partial charge in [-0.1, -0.05) is 31.2 Å². The van der Waals surface area contributed by atoms with Gasteiger partial charge in [0.2, 0.25) is 0 Å². The molecule has 1 aliphatic carbocycles. The molecule has 88 valence electrons. The van der Waals surface area contributed by atoms with E-state index in [0.29, 0.717) is 5.92 Å². The molecule has 0 aliphatic heterocycles. The maximum Gasteiger partial charge on any atom is 0.0502 e. The van der Waals surface area contributed by atoms with E-state index in [2.05, 4.69) is 31.2 Å². The van der Waals surface area contributed by atoms with Crippen molar-refractivity contribution in [2.24, 2.45) is 17.6 Å². The molecule has 0 radical (unpaired) electrons. The molecule has 1 fully saturated rings. The third-order valence-electron chi connectivity index (χ3n) is 3.59. The Kier molecular flexibility index (Phi) is 3.62. The minimum atomic E-state index is 0.228. The summed E-state index contributed by atoms with van der Waals surface area (Å²) < 4.78 is 5.06. The number of hydrogen-bond acceptors (Lipinski definition) is 2. The summed E-state index contributed by atoms with van der Waals surface area (Å²) in [6.45, 7) is 3.06. The van der Waals surface area contributed by atoms with E-state index in [0.717, 1.165) is 18.9 Å². The standard InChI is InChI=1S/C14H21NO/c1-10-9-13(10)14(15)12-5-3-11(4-6-12)7-8-16-2/h3-6,10,13-14H,7-9,15H2,1-2H3. The van der Waals surface area contributed by atoms with Crippen molar-refractivity contribution in [1.29, 1.82) is 0 Å². The van der Waals surface area contributed by atoms with E-state index in [4.69, 9.17) is 10.5 Å². The molecule has 16 heavy (non-hydrogen) atoms. The first-order valence-corrected chi connectivity index (χ1v) is 6.05. The van der Waals surface area contributed by atoms with Crippen molar-refractivity contribution in [2.45, 2.75) is 25.8 Å². The van der Waals surface area contributed by atoms with E-state index in [-0.39, 0.29) is 6.04 Å². The minimum Gasteiger partial charge on any atom is -0.384 e. The molecule has 1 aliphatic rings. The highest BCUT2D eigenvalue weighted by atomic mass is 16.5. The lowest BCUT2D eigenvalue weighted by atomic mass is 10.00. The van der Waals surface area contributed by atoms with Crippen molar-refractivity contribution in [3.63, 3.8) is 0 Å². The minimum absolute atomic E-state index is 0.228. The molecule has 0 aromatic heterocycles. The van der Waals surface area contributed by atoms with Gasteiger partial charge in [-0.05, 0) is 35.8 Å². The molecule has 1 aromatic carbocycles. The first-order chi connectivity index (χ1) is 7.72. The zero-order valence-electron chi connectivity index (χ0n) is 10.1. The SMILES string of the molecule is COCCc1ccc(C(N)C2CC2C)cc1. The quantitative estimate of drug-likeness (QED) is 0.826. The Hall–Kier alpha value is -0.860. The molecular weight excluding hydrogens is 198 g/mol. The Morgan fingerprint density at radius 2 is 2.00 bits per heavy atom. The number of ether oxygens (including phenoxy) is 1. The van der Waals surface area contributed by atoms with Gasteiger partial charge in [-0.3, -0.25) is 0 Å². The van der Waals surface area contributed by atoms with Crippen LogP contribution in [0.4, 0.5) is 0 Å². The zero-order valence-corrected chi connectivity index (χ0v) is 10.1. The molecule has 3 atom stereocenters. The maximum absolute atomic E-state index is 6.22. The third kappa shape index (κ3) is 2.63. The molecule has 3 unspecified atom stereocenters. The highest BCUT2D eigenvalue weighted by Gasteiger charge is 2.38. The van der Waals surface area contributed by atoms with E-state index in [1.165, 1.54) is 17.5 Å². The monoisotopic (exact) mass is 219 g/mol. The van der Waals surface area contributed by atoms with Crippen LogP contribution in [0.3, 0.4) is 0 Å². The van der Waals surface area contributed by atoms with Gasteiger partial charge in [0, 0.05) is 13.2 Å². The van der Waals surface area contributed by atoms with Crippen molar-refractivity contribution in [1.82, 2.24) is 0 Å². The van der Waals surface area contributed by atoms with Crippen molar-refractivity contribution in [3.05, 3.63) is 35.4 Å². The summed E-state index contributed by atoms with van der Waals surface area (Å²) in [5.41, 5.74) is 8.81. The van der Waals surface area contributed by atoms with Gasteiger partial charge >= 0.3 is 0 Å². The number of hydrogen-bond donors (Lipinski definition) is 1. The van der Waals surface area contributed by atoms with Crippen LogP contribution in [0.15, 0.2) is 24.3 Å². The topological polar surface area (TPSA) is 35.2 Å². The lowest BCUT2D eigenvalue weighted by molar-refractivity contribution is 0.202. The maximum atomic E-state index is 6.22. The van der Waals surface area contributed by atoms with Crippen LogP contribution < -0.4 is 5.73 Å². The van der Waals surface area contributed by atoms with E-state index in [9.17, 15) is 0 Å². The van der Waals surface area contributed by atoms with E-state index >= 15 is 0 Å². The Balaban J connectivity index is 1.96. The van der Waals surface area contributed by atoms with Crippen LogP contribution in [0.5, 0.6) is 0 Å². The van der Waals surface area contributed by atoms with Crippen LogP contribution in [0.1, 0.15) is 30.5 Å². The van der Waals surface area contributed by atoms with Gasteiger partial charge in [0.1, 0.15) is 0 Å². The predicted octanol–water partition coefficient (Wildman–Crippen LogP) is 2.53. The zero-order chi connectivity index (χ0) is 11.5. The van der Waals surface area contributed by atoms with Crippen molar-refractivity contribution in [2.75, 3.05) is 13.7 Å². The first-order valence-electron chi connectivity index (χ1n) is 6.05. The van der Waals surface area contributed by atoms with Gasteiger partial charge in [0.05, 0.1) is 6.61 Å². The van der Waals surface area contributed by atoms with Crippen molar-refractivity contribution in [3.8, 4) is 0 Å². The second-order valence-electron chi connectivity index (χ2n) is 4.89. The molecule has 0 bridgehead atoms. The third-order valence-corrected chi connectivity index (χ3v) is 3.59. The van der Waals surface area contributed by atoms with Gasteiger partial charge in [-0.15, -0.1) is 0 Å². The fourth-order valence-corrected chi connectivity index (χ4v) is 2.22. The second kappa shape index (κ2) is 4.98. The van der Waals surface area contributed by atoms with Crippen LogP contribution in [0, 0.1) is 11.8 Å². The van der Waals surface area contributed by atoms with Crippen molar-refractivity contribution >= 4 is 0 Å². The number of rotatable bonds is 5. The van der Waals surface area contributed by atoms with Gasteiger partial charge in [0.25, 0.3) is 0 Å². The summed E-state index contributed by atoms with van der Waals surface area (Å²) in [7, 11) is 1.73. The molecular formula is C14H21NO.